The largest absolute Gasteiger partial charge is 0.386 e. The fourth-order valence-electron chi connectivity index (χ4n) is 2.01. The second-order valence-corrected chi connectivity index (χ2v) is 5.55. The first-order valence-corrected chi connectivity index (χ1v) is 8.00. The summed E-state index contributed by atoms with van der Waals surface area (Å²) < 4.78 is 0. The molecule has 0 saturated carbocycles. The summed E-state index contributed by atoms with van der Waals surface area (Å²) in [5.41, 5.74) is 0.818. The molecule has 1 aromatic rings. The topological polar surface area (TPSA) is 47.9 Å². The van der Waals surface area contributed by atoms with Gasteiger partial charge in [0.25, 0.3) is 0 Å². The Balaban J connectivity index is 2.63. The number of aliphatic hydroxyl groups excluding tert-OH is 1. The fourth-order valence-corrected chi connectivity index (χ4v) is 2.14. The molecule has 0 aliphatic carbocycles. The van der Waals surface area contributed by atoms with Crippen molar-refractivity contribution in [1.29, 1.82) is 0 Å². The van der Waals surface area contributed by atoms with Gasteiger partial charge in [-0.15, -0.1) is 6.58 Å². The van der Waals surface area contributed by atoms with Crippen molar-refractivity contribution in [3.8, 4) is 0 Å². The van der Waals surface area contributed by atoms with Crippen molar-refractivity contribution < 1.29 is 5.11 Å². The summed E-state index contributed by atoms with van der Waals surface area (Å²) in [6.07, 6.45) is 3.30. The molecule has 1 unspecified atom stereocenters. The van der Waals surface area contributed by atoms with Crippen LogP contribution in [0.4, 0.5) is 0 Å². The van der Waals surface area contributed by atoms with Crippen LogP contribution in [-0.2, 0) is 0 Å². The molecule has 2 N–H and O–H groups in total. The Bertz CT molecular complexity index is 473. The molecule has 0 radical (unpaired) electrons. The number of unbranched alkanes of at least 4 members (excludes halogenated alkanes) is 1. The fraction of sp³-hybridized carbons (Fsp3) is 0.471. The van der Waals surface area contributed by atoms with E-state index in [1.54, 1.807) is 12.1 Å². The van der Waals surface area contributed by atoms with Crippen molar-refractivity contribution in [2.45, 2.75) is 25.9 Å². The van der Waals surface area contributed by atoms with Gasteiger partial charge >= 0.3 is 0 Å². The lowest BCUT2D eigenvalue weighted by atomic mass is 10.1. The van der Waals surface area contributed by atoms with Crippen LogP contribution in [0.2, 0.25) is 5.02 Å². The zero-order valence-electron chi connectivity index (χ0n) is 13.4. The van der Waals surface area contributed by atoms with Crippen LogP contribution in [0, 0.1) is 0 Å². The van der Waals surface area contributed by atoms with E-state index in [1.165, 1.54) is 0 Å². The van der Waals surface area contributed by atoms with E-state index in [-0.39, 0.29) is 0 Å². The zero-order chi connectivity index (χ0) is 16.4. The lowest BCUT2D eigenvalue weighted by Crippen LogP contribution is -2.39. The normalized spacial score (nSPS) is 12.8. The molecule has 0 spiro atoms. The van der Waals surface area contributed by atoms with Crippen molar-refractivity contribution in [3.05, 3.63) is 47.5 Å². The van der Waals surface area contributed by atoms with E-state index in [2.05, 4.69) is 21.8 Å². The van der Waals surface area contributed by atoms with Gasteiger partial charge in [-0.05, 0) is 37.5 Å². The van der Waals surface area contributed by atoms with Crippen LogP contribution in [0.3, 0.4) is 0 Å². The molecule has 22 heavy (non-hydrogen) atoms. The molecule has 0 aromatic heterocycles. The van der Waals surface area contributed by atoms with E-state index < -0.39 is 6.10 Å². The number of benzene rings is 1. The third-order valence-corrected chi connectivity index (χ3v) is 3.52. The van der Waals surface area contributed by atoms with E-state index in [9.17, 15) is 5.11 Å². The van der Waals surface area contributed by atoms with Crippen LogP contribution in [0.15, 0.2) is 41.9 Å². The molecule has 0 bridgehead atoms. The number of hydrogen-bond acceptors (Lipinski definition) is 2. The predicted octanol–water partition coefficient (Wildman–Crippen LogP) is 3.24. The highest BCUT2D eigenvalue weighted by Gasteiger charge is 2.09. The maximum atomic E-state index is 10.2. The molecule has 0 aliphatic heterocycles. The van der Waals surface area contributed by atoms with Gasteiger partial charge in [0.05, 0.1) is 12.6 Å². The second-order valence-electron chi connectivity index (χ2n) is 5.11. The maximum Gasteiger partial charge on any atom is 0.193 e. The van der Waals surface area contributed by atoms with Crippen LogP contribution < -0.4 is 5.32 Å². The molecule has 0 saturated heterocycles. The lowest BCUT2D eigenvalue weighted by molar-refractivity contribution is 0.186. The number of halogens is 1. The summed E-state index contributed by atoms with van der Waals surface area (Å²) in [6.45, 7) is 7.77. The third kappa shape index (κ3) is 6.50. The Morgan fingerprint density at radius 2 is 2.14 bits per heavy atom. The highest BCUT2D eigenvalue weighted by molar-refractivity contribution is 6.30. The van der Waals surface area contributed by atoms with E-state index in [1.807, 2.05) is 32.2 Å². The molecule has 0 heterocycles. The number of rotatable bonds is 8. The Morgan fingerprint density at radius 1 is 1.45 bits per heavy atom. The van der Waals surface area contributed by atoms with Gasteiger partial charge < -0.3 is 15.3 Å². The van der Waals surface area contributed by atoms with Gasteiger partial charge in [0, 0.05) is 25.2 Å². The average molecular weight is 324 g/mol. The van der Waals surface area contributed by atoms with Crippen LogP contribution >= 0.6 is 11.6 Å². The van der Waals surface area contributed by atoms with Gasteiger partial charge in [-0.2, -0.15) is 0 Å². The van der Waals surface area contributed by atoms with Crippen molar-refractivity contribution in [3.63, 3.8) is 0 Å². The summed E-state index contributed by atoms with van der Waals surface area (Å²) in [4.78, 5) is 6.58. The molecule has 1 rings (SSSR count). The third-order valence-electron chi connectivity index (χ3n) is 3.27. The predicted molar refractivity (Wildman–Crippen MR) is 94.5 cm³/mol. The molecule has 1 aromatic carbocycles. The molecular formula is C17H26ClN3O. The quantitative estimate of drug-likeness (QED) is 0.334. The minimum absolute atomic E-state index is 0.315. The first kappa shape index (κ1) is 18.5. The van der Waals surface area contributed by atoms with Crippen LogP contribution in [-0.4, -0.2) is 42.6 Å². The van der Waals surface area contributed by atoms with Crippen LogP contribution in [0.25, 0.3) is 0 Å². The smallest absolute Gasteiger partial charge is 0.193 e. The highest BCUT2D eigenvalue weighted by Crippen LogP contribution is 2.16. The first-order chi connectivity index (χ1) is 10.6. The van der Waals surface area contributed by atoms with Gasteiger partial charge in [0.15, 0.2) is 5.96 Å². The van der Waals surface area contributed by atoms with Gasteiger partial charge in [0.2, 0.25) is 0 Å². The molecule has 0 fully saturated rings. The Labute approximate surface area is 138 Å². The monoisotopic (exact) mass is 323 g/mol. The first-order valence-electron chi connectivity index (χ1n) is 7.62. The molecule has 122 valence electrons. The summed E-state index contributed by atoms with van der Waals surface area (Å²) in [7, 11) is 2.00. The summed E-state index contributed by atoms with van der Waals surface area (Å²) in [6, 6.07) is 7.19. The van der Waals surface area contributed by atoms with E-state index in [0.29, 0.717) is 11.6 Å². The minimum atomic E-state index is -0.632. The molecule has 4 nitrogen and oxygen atoms in total. The average Bonchev–Trinajstić information content (AvgIpc) is 2.52. The molecule has 5 heteroatoms. The Hall–Kier alpha value is -1.52. The second kappa shape index (κ2) is 10.2. The number of nitrogens with one attached hydrogen (secondary N) is 1. The van der Waals surface area contributed by atoms with Gasteiger partial charge in [0.1, 0.15) is 0 Å². The minimum Gasteiger partial charge on any atom is -0.386 e. The van der Waals surface area contributed by atoms with Crippen molar-refractivity contribution >= 4 is 17.6 Å². The van der Waals surface area contributed by atoms with Crippen LogP contribution in [0.1, 0.15) is 31.4 Å². The summed E-state index contributed by atoms with van der Waals surface area (Å²) in [5, 5.41) is 14.1. The van der Waals surface area contributed by atoms with Crippen molar-refractivity contribution in [1.82, 2.24) is 10.2 Å². The summed E-state index contributed by atoms with van der Waals surface area (Å²) in [5.74, 6) is 0.805. The molecule has 0 amide bonds. The Morgan fingerprint density at radius 3 is 2.73 bits per heavy atom. The number of hydrogen-bond donors (Lipinski definition) is 2. The molecule has 0 aliphatic rings. The molecular weight excluding hydrogens is 298 g/mol. The van der Waals surface area contributed by atoms with E-state index in [4.69, 9.17) is 11.6 Å². The zero-order valence-corrected chi connectivity index (χ0v) is 14.2. The Kier molecular flexibility index (Phi) is 8.63. The summed E-state index contributed by atoms with van der Waals surface area (Å²) >= 11 is 5.85. The van der Waals surface area contributed by atoms with Crippen molar-refractivity contribution in [2.75, 3.05) is 26.7 Å². The number of aliphatic imine (C=N–C) groups is 1. The number of allylic oxidation sites excluding steroid dienone is 1. The maximum absolute atomic E-state index is 10.2. The highest BCUT2D eigenvalue weighted by atomic mass is 35.5. The standard InChI is InChI=1S/C17H26ClN3O/c1-4-6-7-12-21(3)17(19-5-2)20-13-16(22)14-8-10-15(18)11-9-14/h4,8-11,16,22H,1,5-7,12-13H2,2-3H3,(H,19,20). The number of nitrogens with zero attached hydrogens (tertiary/aromatic N) is 2. The van der Waals surface area contributed by atoms with Gasteiger partial charge in [-0.3, -0.25) is 4.99 Å². The SMILES string of the molecule is C=CCCCN(C)C(=NCC(O)c1ccc(Cl)cc1)NCC. The van der Waals surface area contributed by atoms with Crippen LogP contribution in [0.5, 0.6) is 0 Å². The van der Waals surface area contributed by atoms with Crippen molar-refractivity contribution in [2.24, 2.45) is 4.99 Å². The molecule has 1 atom stereocenters. The number of aliphatic hydroxyl groups is 1. The van der Waals surface area contributed by atoms with Gasteiger partial charge in [-0.25, -0.2) is 0 Å². The number of guanidine groups is 1. The van der Waals surface area contributed by atoms with E-state index in [0.717, 1.165) is 37.5 Å². The van der Waals surface area contributed by atoms with E-state index >= 15 is 0 Å². The lowest BCUT2D eigenvalue weighted by Gasteiger charge is -2.22. The van der Waals surface area contributed by atoms with Gasteiger partial charge in [-0.1, -0.05) is 29.8 Å².